The lowest BCUT2D eigenvalue weighted by Gasteiger charge is -2.64. The van der Waals surface area contributed by atoms with Crippen LogP contribution in [0.25, 0.3) is 0 Å². The molecule has 1 aromatic rings. The van der Waals surface area contributed by atoms with Gasteiger partial charge in [-0.1, -0.05) is 25.1 Å². The van der Waals surface area contributed by atoms with E-state index in [0.717, 1.165) is 17.8 Å². The minimum absolute atomic E-state index is 0.452. The van der Waals surface area contributed by atoms with E-state index in [1.807, 2.05) is 0 Å². The fraction of sp³-hybridized carbons (Fsp3) is 0.700. The van der Waals surface area contributed by atoms with Gasteiger partial charge in [-0.15, -0.1) is 0 Å². The van der Waals surface area contributed by atoms with Crippen molar-refractivity contribution in [2.45, 2.75) is 63.3 Å². The molecule has 4 atom stereocenters. The Morgan fingerprint density at radius 1 is 1.29 bits per heavy atom. The first-order valence-corrected chi connectivity index (χ1v) is 9.01. The van der Waals surface area contributed by atoms with Gasteiger partial charge in [0.25, 0.3) is 0 Å². The number of hydrogen-bond donors (Lipinski definition) is 1. The van der Waals surface area contributed by atoms with Gasteiger partial charge in [-0.05, 0) is 86.4 Å². The van der Waals surface area contributed by atoms with Gasteiger partial charge in [0.2, 0.25) is 0 Å². The molecule has 112 valence electrons. The maximum atomic E-state index is 4.15. The highest BCUT2D eigenvalue weighted by Crippen LogP contribution is 2.72. The maximum absolute atomic E-state index is 4.15. The van der Waals surface area contributed by atoms with Gasteiger partial charge in [-0.3, -0.25) is 0 Å². The van der Waals surface area contributed by atoms with Crippen LogP contribution in [-0.4, -0.2) is 12.1 Å². The summed E-state index contributed by atoms with van der Waals surface area (Å²) in [6, 6.07) is 7.02. The largest absolute Gasteiger partial charge is 0.310 e. The van der Waals surface area contributed by atoms with E-state index in [1.165, 1.54) is 45.1 Å². The third kappa shape index (κ3) is 1.37. The van der Waals surface area contributed by atoms with E-state index < -0.39 is 0 Å². The zero-order valence-corrected chi connectivity index (χ0v) is 13.4. The van der Waals surface area contributed by atoms with Crippen LogP contribution in [-0.2, 0) is 11.8 Å². The molecule has 6 rings (SSSR count). The SMILES string of the molecule is Cc1cccc2c1C13CC(CC1C)C3(NCC1CC1)CC2. The van der Waals surface area contributed by atoms with Crippen molar-refractivity contribution in [1.29, 1.82) is 0 Å². The quantitative estimate of drug-likeness (QED) is 0.884. The molecule has 0 amide bonds. The highest BCUT2D eigenvalue weighted by molar-refractivity contribution is 5.53. The summed E-state index contributed by atoms with van der Waals surface area (Å²) in [6.07, 6.45) is 8.50. The number of fused-ring (bicyclic) bond motifs is 2. The molecule has 5 aliphatic carbocycles. The second-order valence-corrected chi connectivity index (χ2v) is 8.41. The van der Waals surface area contributed by atoms with Crippen molar-refractivity contribution >= 4 is 0 Å². The molecule has 0 saturated heterocycles. The van der Waals surface area contributed by atoms with Crippen LogP contribution in [0.2, 0.25) is 0 Å². The third-order valence-electron chi connectivity index (χ3n) is 7.54. The van der Waals surface area contributed by atoms with E-state index in [-0.39, 0.29) is 0 Å². The minimum atomic E-state index is 0.452. The van der Waals surface area contributed by atoms with Crippen LogP contribution in [0.5, 0.6) is 0 Å². The molecule has 1 nitrogen and oxygen atoms in total. The first-order chi connectivity index (χ1) is 10.2. The van der Waals surface area contributed by atoms with Gasteiger partial charge in [0.05, 0.1) is 0 Å². The second kappa shape index (κ2) is 3.93. The highest BCUT2D eigenvalue weighted by atomic mass is 15.1. The van der Waals surface area contributed by atoms with E-state index in [0.29, 0.717) is 11.0 Å². The Bertz CT molecular complexity index is 602. The molecule has 1 N–H and O–H groups in total. The van der Waals surface area contributed by atoms with Crippen LogP contribution >= 0.6 is 0 Å². The molecule has 0 aromatic heterocycles. The van der Waals surface area contributed by atoms with E-state index in [9.17, 15) is 0 Å². The number of benzene rings is 1. The van der Waals surface area contributed by atoms with Crippen LogP contribution in [0.3, 0.4) is 0 Å². The van der Waals surface area contributed by atoms with Gasteiger partial charge in [0.15, 0.2) is 0 Å². The third-order valence-corrected chi connectivity index (χ3v) is 7.54. The summed E-state index contributed by atoms with van der Waals surface area (Å²) in [5.74, 6) is 2.79. The highest BCUT2D eigenvalue weighted by Gasteiger charge is 2.74. The molecular weight excluding hydrogens is 254 g/mol. The number of aryl methyl sites for hydroxylation is 2. The first-order valence-electron chi connectivity index (χ1n) is 9.01. The predicted molar refractivity (Wildman–Crippen MR) is 86.5 cm³/mol. The monoisotopic (exact) mass is 281 g/mol. The second-order valence-electron chi connectivity index (χ2n) is 8.41. The van der Waals surface area contributed by atoms with Crippen LogP contribution in [0.4, 0.5) is 0 Å². The summed E-state index contributed by atoms with van der Waals surface area (Å²) in [6.45, 7) is 6.16. The van der Waals surface area contributed by atoms with Crippen molar-refractivity contribution < 1.29 is 0 Å². The lowest BCUT2D eigenvalue weighted by molar-refractivity contribution is -0.00292. The summed E-state index contributed by atoms with van der Waals surface area (Å²) < 4.78 is 0. The molecule has 0 aliphatic heterocycles. The summed E-state index contributed by atoms with van der Waals surface area (Å²) in [4.78, 5) is 0. The van der Waals surface area contributed by atoms with Crippen LogP contribution in [0.1, 0.15) is 55.7 Å². The Hall–Kier alpha value is -0.820. The Morgan fingerprint density at radius 2 is 2.14 bits per heavy atom. The van der Waals surface area contributed by atoms with Crippen LogP contribution in [0, 0.1) is 24.7 Å². The van der Waals surface area contributed by atoms with Crippen LogP contribution < -0.4 is 5.32 Å². The van der Waals surface area contributed by atoms with Gasteiger partial charge >= 0.3 is 0 Å². The molecule has 2 bridgehead atoms. The van der Waals surface area contributed by atoms with Crippen LogP contribution in [0.15, 0.2) is 18.2 Å². The molecule has 4 saturated carbocycles. The normalized spacial score (nSPS) is 43.1. The van der Waals surface area contributed by atoms with Crippen molar-refractivity contribution in [1.82, 2.24) is 5.32 Å². The van der Waals surface area contributed by atoms with Crippen molar-refractivity contribution in [3.8, 4) is 0 Å². The Kier molecular flexibility index (Phi) is 2.37. The zero-order chi connectivity index (χ0) is 14.2. The fourth-order valence-electron chi connectivity index (χ4n) is 6.48. The molecule has 1 aromatic carbocycles. The first kappa shape index (κ1) is 12.7. The van der Waals surface area contributed by atoms with E-state index in [1.54, 1.807) is 16.7 Å². The Labute approximate surface area is 128 Å². The average Bonchev–Trinajstić information content (AvgIpc) is 3.17. The van der Waals surface area contributed by atoms with Crippen molar-refractivity contribution in [3.05, 3.63) is 34.9 Å². The van der Waals surface area contributed by atoms with Gasteiger partial charge in [-0.2, -0.15) is 0 Å². The molecule has 5 aliphatic rings. The summed E-state index contributed by atoms with van der Waals surface area (Å²) in [5, 5.41) is 4.15. The number of hydrogen-bond acceptors (Lipinski definition) is 1. The molecule has 0 radical (unpaired) electrons. The predicted octanol–water partition coefficient (Wildman–Crippen LogP) is 3.98. The summed E-state index contributed by atoms with van der Waals surface area (Å²) >= 11 is 0. The molecule has 4 unspecified atom stereocenters. The topological polar surface area (TPSA) is 12.0 Å². The average molecular weight is 281 g/mol. The van der Waals surface area contributed by atoms with Gasteiger partial charge in [0.1, 0.15) is 0 Å². The Balaban J connectivity index is 1.63. The van der Waals surface area contributed by atoms with E-state index >= 15 is 0 Å². The number of nitrogens with one attached hydrogen (secondary N) is 1. The van der Waals surface area contributed by atoms with Gasteiger partial charge in [0, 0.05) is 11.0 Å². The molecule has 4 fully saturated rings. The van der Waals surface area contributed by atoms with E-state index in [4.69, 9.17) is 0 Å². The smallest absolute Gasteiger partial charge is 0.0312 e. The molecule has 0 heterocycles. The Morgan fingerprint density at radius 3 is 2.90 bits per heavy atom. The molecule has 1 heteroatoms. The van der Waals surface area contributed by atoms with Gasteiger partial charge < -0.3 is 5.32 Å². The lowest BCUT2D eigenvalue weighted by atomic mass is 9.45. The van der Waals surface area contributed by atoms with Crippen molar-refractivity contribution in [2.75, 3.05) is 6.54 Å². The van der Waals surface area contributed by atoms with Crippen molar-refractivity contribution in [2.24, 2.45) is 17.8 Å². The lowest BCUT2D eigenvalue weighted by Crippen LogP contribution is -2.72. The van der Waals surface area contributed by atoms with Gasteiger partial charge in [-0.25, -0.2) is 0 Å². The van der Waals surface area contributed by atoms with E-state index in [2.05, 4.69) is 37.4 Å². The number of rotatable bonds is 3. The van der Waals surface area contributed by atoms with Crippen molar-refractivity contribution in [3.63, 3.8) is 0 Å². The fourth-order valence-corrected chi connectivity index (χ4v) is 6.48. The molecule has 21 heavy (non-hydrogen) atoms. The standard InChI is InChI=1S/C20H27N/c1-13-4-3-5-16-8-9-20(21-12-15-6-7-15)17-10-14(2)19(20,11-17)18(13)16/h3-5,14-15,17,21H,6-12H2,1-2H3. The molecule has 1 spiro atoms. The molecular formula is C20H27N. The zero-order valence-electron chi connectivity index (χ0n) is 13.4. The summed E-state index contributed by atoms with van der Waals surface area (Å²) in [5.41, 5.74) is 5.88. The maximum Gasteiger partial charge on any atom is 0.0312 e. The minimum Gasteiger partial charge on any atom is -0.310 e. The summed E-state index contributed by atoms with van der Waals surface area (Å²) in [7, 11) is 0.